The summed E-state index contributed by atoms with van der Waals surface area (Å²) in [5.41, 5.74) is 1.40. The van der Waals surface area contributed by atoms with Gasteiger partial charge >= 0.3 is 0 Å². The van der Waals surface area contributed by atoms with Crippen LogP contribution in [0.2, 0.25) is 0 Å². The number of nitrogens with one attached hydrogen (secondary N) is 2. The Hall–Kier alpha value is -4.29. The minimum Gasteiger partial charge on any atom is -0.438 e. The summed E-state index contributed by atoms with van der Waals surface area (Å²) in [4.78, 5) is 23.8. The number of sulfone groups is 1. The first-order chi connectivity index (χ1) is 19.8. The van der Waals surface area contributed by atoms with Crippen molar-refractivity contribution < 1.29 is 27.1 Å². The second-order valence-electron chi connectivity index (χ2n) is 9.97. The average molecular weight is 578 g/mol. The maximum Gasteiger partial charge on any atom is 0.255 e. The van der Waals surface area contributed by atoms with Gasteiger partial charge in [-0.1, -0.05) is 24.3 Å². The molecular formula is C29H28FN5O5S. The molecule has 6 rings (SSSR count). The molecule has 0 saturated carbocycles. The van der Waals surface area contributed by atoms with E-state index >= 15 is 0 Å². The highest BCUT2D eigenvalue weighted by molar-refractivity contribution is 7.91. The van der Waals surface area contributed by atoms with Crippen molar-refractivity contribution in [3.05, 3.63) is 78.2 Å². The number of amides is 1. The molecule has 2 aliphatic rings. The molecule has 3 aromatic carbocycles. The summed E-state index contributed by atoms with van der Waals surface area (Å²) < 4.78 is 49.5. The van der Waals surface area contributed by atoms with Gasteiger partial charge in [0, 0.05) is 59.1 Å². The maximum absolute atomic E-state index is 14.5. The lowest BCUT2D eigenvalue weighted by atomic mass is 10.1. The third-order valence-electron chi connectivity index (χ3n) is 7.06. The lowest BCUT2D eigenvalue weighted by Gasteiger charge is -2.29. The predicted octanol–water partition coefficient (Wildman–Crippen LogP) is 4.25. The highest BCUT2D eigenvalue weighted by Crippen LogP contribution is 2.34. The molecule has 41 heavy (non-hydrogen) atoms. The van der Waals surface area contributed by atoms with Crippen LogP contribution in [0.25, 0.3) is 10.8 Å². The number of nitrogens with zero attached hydrogens (tertiary/aromatic N) is 3. The molecule has 2 N–H and O–H groups in total. The second kappa shape index (κ2) is 11.3. The zero-order valence-electron chi connectivity index (χ0n) is 22.0. The molecule has 0 radical (unpaired) electrons. The van der Waals surface area contributed by atoms with Gasteiger partial charge in [-0.3, -0.25) is 4.79 Å². The molecule has 1 aromatic heterocycles. The normalized spacial score (nSPS) is 18.3. The van der Waals surface area contributed by atoms with Crippen molar-refractivity contribution in [2.45, 2.75) is 12.5 Å². The lowest BCUT2D eigenvalue weighted by molar-refractivity contribution is 0.102. The first-order valence-corrected chi connectivity index (χ1v) is 15.1. The maximum atomic E-state index is 14.5. The van der Waals surface area contributed by atoms with Crippen molar-refractivity contribution in [1.82, 2.24) is 9.97 Å². The van der Waals surface area contributed by atoms with Gasteiger partial charge in [0.25, 0.3) is 5.91 Å². The van der Waals surface area contributed by atoms with Crippen LogP contribution in [-0.4, -0.2) is 68.1 Å². The molecule has 1 atom stereocenters. The summed E-state index contributed by atoms with van der Waals surface area (Å²) in [7, 11) is -3.04. The first kappa shape index (κ1) is 26.9. The molecule has 3 heterocycles. The number of rotatable bonds is 7. The van der Waals surface area contributed by atoms with Crippen molar-refractivity contribution in [3.63, 3.8) is 0 Å². The van der Waals surface area contributed by atoms with Gasteiger partial charge in [-0.25, -0.2) is 17.8 Å². The summed E-state index contributed by atoms with van der Waals surface area (Å²) >= 11 is 0. The van der Waals surface area contributed by atoms with Gasteiger partial charge in [-0.15, -0.1) is 0 Å². The highest BCUT2D eigenvalue weighted by atomic mass is 32.2. The molecule has 2 fully saturated rings. The monoisotopic (exact) mass is 577 g/mol. The van der Waals surface area contributed by atoms with Crippen LogP contribution < -0.4 is 20.3 Å². The standard InChI is InChI=1S/C29H28FN5O5S/c30-20-15-19(16-22(17-20)35-10-12-39-13-11-35)28(36)33-25-5-6-26(24-4-2-1-3-23(24)25)40-27-7-9-31-29(34-27)32-21-8-14-41(37,38)18-21/h1-7,9,15-17,21H,8,10-14,18H2,(H,33,36)(H,31,32,34). The van der Waals surface area contributed by atoms with Gasteiger partial charge in [0.05, 0.1) is 24.7 Å². The third-order valence-corrected chi connectivity index (χ3v) is 8.83. The van der Waals surface area contributed by atoms with Crippen LogP contribution in [0.4, 0.5) is 21.7 Å². The van der Waals surface area contributed by atoms with E-state index in [0.29, 0.717) is 49.8 Å². The number of carbonyl (C=O) groups is 1. The van der Waals surface area contributed by atoms with Gasteiger partial charge in [0.1, 0.15) is 11.6 Å². The first-order valence-electron chi connectivity index (χ1n) is 13.3. The largest absolute Gasteiger partial charge is 0.438 e. The van der Waals surface area contributed by atoms with Crippen molar-refractivity contribution in [2.75, 3.05) is 53.3 Å². The summed E-state index contributed by atoms with van der Waals surface area (Å²) in [5, 5.41) is 7.45. The minimum absolute atomic E-state index is 0.0451. The van der Waals surface area contributed by atoms with Crippen molar-refractivity contribution in [2.24, 2.45) is 0 Å². The van der Waals surface area contributed by atoms with Crippen LogP contribution in [0, 0.1) is 5.82 Å². The Balaban J connectivity index is 1.22. The SMILES string of the molecule is O=C(Nc1ccc(Oc2ccnc(NC3CCS(=O)(=O)C3)n2)c2ccccc12)c1cc(F)cc(N2CCOCC2)c1. The molecule has 0 bridgehead atoms. The fourth-order valence-electron chi connectivity index (χ4n) is 5.05. The fraction of sp³-hybridized carbons (Fsp3) is 0.276. The fourth-order valence-corrected chi connectivity index (χ4v) is 6.72. The van der Waals surface area contributed by atoms with E-state index in [9.17, 15) is 17.6 Å². The van der Waals surface area contributed by atoms with E-state index in [1.54, 1.807) is 24.3 Å². The molecular weight excluding hydrogens is 549 g/mol. The number of benzene rings is 3. The quantitative estimate of drug-likeness (QED) is 0.332. The average Bonchev–Trinajstić information content (AvgIpc) is 3.32. The van der Waals surface area contributed by atoms with Crippen LogP contribution in [-0.2, 0) is 14.6 Å². The van der Waals surface area contributed by atoms with Gasteiger partial charge < -0.3 is 25.0 Å². The number of halogens is 1. The van der Waals surface area contributed by atoms with Gasteiger partial charge in [0.2, 0.25) is 11.8 Å². The zero-order chi connectivity index (χ0) is 28.4. The highest BCUT2D eigenvalue weighted by Gasteiger charge is 2.28. The second-order valence-corrected chi connectivity index (χ2v) is 12.2. The van der Waals surface area contributed by atoms with E-state index in [1.807, 2.05) is 29.2 Å². The Labute approximate surface area is 236 Å². The molecule has 10 nitrogen and oxygen atoms in total. The van der Waals surface area contributed by atoms with E-state index in [2.05, 4.69) is 20.6 Å². The molecule has 2 aliphatic heterocycles. The number of morpholine rings is 1. The number of carbonyl (C=O) groups excluding carboxylic acids is 1. The number of hydrogen-bond donors (Lipinski definition) is 2. The summed E-state index contributed by atoms with van der Waals surface area (Å²) in [6.07, 6.45) is 2.04. The van der Waals surface area contributed by atoms with Crippen LogP contribution in [0.3, 0.4) is 0 Å². The van der Waals surface area contributed by atoms with E-state index in [4.69, 9.17) is 9.47 Å². The summed E-state index contributed by atoms with van der Waals surface area (Å²) in [6.45, 7) is 2.36. The Kier molecular flexibility index (Phi) is 7.41. The van der Waals surface area contributed by atoms with Gasteiger partial charge in [-0.05, 0) is 36.8 Å². The van der Waals surface area contributed by atoms with Crippen LogP contribution in [0.15, 0.2) is 66.9 Å². The molecule has 12 heteroatoms. The van der Waals surface area contributed by atoms with E-state index in [-0.39, 0.29) is 34.9 Å². The molecule has 0 aliphatic carbocycles. The Morgan fingerprint density at radius 2 is 1.85 bits per heavy atom. The van der Waals surface area contributed by atoms with Crippen molar-refractivity contribution >= 4 is 43.8 Å². The van der Waals surface area contributed by atoms with Crippen molar-refractivity contribution in [3.8, 4) is 11.6 Å². The molecule has 1 amide bonds. The summed E-state index contributed by atoms with van der Waals surface area (Å²) in [5.74, 6) is 0.337. The molecule has 212 valence electrons. The number of ether oxygens (including phenoxy) is 2. The Morgan fingerprint density at radius 3 is 2.63 bits per heavy atom. The number of fused-ring (bicyclic) bond motifs is 1. The van der Waals surface area contributed by atoms with E-state index in [1.165, 1.54) is 18.3 Å². The van der Waals surface area contributed by atoms with Crippen LogP contribution in [0.1, 0.15) is 16.8 Å². The van der Waals surface area contributed by atoms with E-state index < -0.39 is 21.6 Å². The topological polar surface area (TPSA) is 123 Å². The number of aromatic nitrogens is 2. The smallest absolute Gasteiger partial charge is 0.255 e. The van der Waals surface area contributed by atoms with Crippen LogP contribution in [0.5, 0.6) is 11.6 Å². The van der Waals surface area contributed by atoms with Gasteiger partial charge in [-0.2, -0.15) is 4.98 Å². The predicted molar refractivity (Wildman–Crippen MR) is 154 cm³/mol. The third kappa shape index (κ3) is 6.23. The zero-order valence-corrected chi connectivity index (χ0v) is 22.9. The molecule has 2 saturated heterocycles. The lowest BCUT2D eigenvalue weighted by Crippen LogP contribution is -2.36. The minimum atomic E-state index is -3.04. The summed E-state index contributed by atoms with van der Waals surface area (Å²) in [6, 6.07) is 16.6. The molecule has 0 spiro atoms. The number of hydrogen-bond acceptors (Lipinski definition) is 9. The van der Waals surface area contributed by atoms with E-state index in [0.717, 1.165) is 10.8 Å². The Morgan fingerprint density at radius 1 is 1.05 bits per heavy atom. The van der Waals surface area contributed by atoms with Crippen LogP contribution >= 0.6 is 0 Å². The van der Waals surface area contributed by atoms with Crippen molar-refractivity contribution in [1.29, 1.82) is 0 Å². The van der Waals surface area contributed by atoms with Gasteiger partial charge in [0.15, 0.2) is 9.84 Å². The number of anilines is 3. The molecule has 1 unspecified atom stereocenters. The molecule has 4 aromatic rings. The Bertz CT molecular complexity index is 1710.